The van der Waals surface area contributed by atoms with Crippen LogP contribution in [0, 0.1) is 0 Å². The minimum Gasteiger partial charge on any atom is -0.464 e. The van der Waals surface area contributed by atoms with E-state index in [9.17, 15) is 9.59 Å². The first-order valence-electron chi connectivity index (χ1n) is 8.83. The SMILES string of the molecule is CCCCCCCCCCCC(=O)NCC(=O)OCCCN. The highest BCUT2D eigenvalue weighted by molar-refractivity contribution is 5.81. The van der Waals surface area contributed by atoms with E-state index >= 15 is 0 Å². The van der Waals surface area contributed by atoms with Gasteiger partial charge in [-0.15, -0.1) is 0 Å². The number of unbranched alkanes of at least 4 members (excludes halogenated alkanes) is 8. The number of nitrogens with one attached hydrogen (secondary N) is 1. The van der Waals surface area contributed by atoms with E-state index in [-0.39, 0.29) is 12.5 Å². The zero-order chi connectivity index (χ0) is 16.5. The molecule has 0 aliphatic heterocycles. The number of hydrogen-bond donors (Lipinski definition) is 2. The number of carbonyl (C=O) groups is 2. The molecule has 0 radical (unpaired) electrons. The van der Waals surface area contributed by atoms with E-state index in [0.717, 1.165) is 12.8 Å². The van der Waals surface area contributed by atoms with Crippen molar-refractivity contribution in [3.05, 3.63) is 0 Å². The predicted molar refractivity (Wildman–Crippen MR) is 89.5 cm³/mol. The van der Waals surface area contributed by atoms with Crippen LogP contribution in [-0.2, 0) is 14.3 Å². The standard InChI is InChI=1S/C17H34N2O3/c1-2-3-4-5-6-7-8-9-10-12-16(20)19-15-17(21)22-14-11-13-18/h2-15,18H2,1H3,(H,19,20). The van der Waals surface area contributed by atoms with Crippen LogP contribution in [0.4, 0.5) is 0 Å². The zero-order valence-electron chi connectivity index (χ0n) is 14.2. The number of nitrogens with two attached hydrogens (primary N) is 1. The van der Waals surface area contributed by atoms with Gasteiger partial charge < -0.3 is 15.8 Å². The molecule has 0 rings (SSSR count). The summed E-state index contributed by atoms with van der Waals surface area (Å²) < 4.78 is 4.90. The Hall–Kier alpha value is -1.10. The van der Waals surface area contributed by atoms with Crippen molar-refractivity contribution in [3.8, 4) is 0 Å². The normalized spacial score (nSPS) is 10.5. The van der Waals surface area contributed by atoms with Crippen LogP contribution < -0.4 is 11.1 Å². The van der Waals surface area contributed by atoms with Crippen molar-refractivity contribution in [2.45, 2.75) is 77.6 Å². The molecular weight excluding hydrogens is 280 g/mol. The first kappa shape index (κ1) is 20.9. The van der Waals surface area contributed by atoms with Crippen molar-refractivity contribution in [2.75, 3.05) is 19.7 Å². The van der Waals surface area contributed by atoms with Crippen LogP contribution in [0.5, 0.6) is 0 Å². The van der Waals surface area contributed by atoms with E-state index < -0.39 is 5.97 Å². The van der Waals surface area contributed by atoms with Crippen molar-refractivity contribution in [1.29, 1.82) is 0 Å². The first-order chi connectivity index (χ1) is 10.7. The lowest BCUT2D eigenvalue weighted by Crippen LogP contribution is -2.30. The summed E-state index contributed by atoms with van der Waals surface area (Å²) in [6, 6.07) is 0. The molecule has 5 heteroatoms. The molecule has 0 saturated carbocycles. The first-order valence-corrected chi connectivity index (χ1v) is 8.83. The highest BCUT2D eigenvalue weighted by Gasteiger charge is 2.06. The Morgan fingerprint density at radius 3 is 2.09 bits per heavy atom. The Balaban J connectivity index is 3.30. The van der Waals surface area contributed by atoms with E-state index in [1.165, 1.54) is 44.9 Å². The number of esters is 1. The van der Waals surface area contributed by atoms with Crippen molar-refractivity contribution in [2.24, 2.45) is 5.73 Å². The number of hydrogen-bond acceptors (Lipinski definition) is 4. The van der Waals surface area contributed by atoms with Gasteiger partial charge in [0.2, 0.25) is 5.91 Å². The van der Waals surface area contributed by atoms with Gasteiger partial charge in [-0.2, -0.15) is 0 Å². The molecular formula is C17H34N2O3. The fourth-order valence-electron chi connectivity index (χ4n) is 2.18. The van der Waals surface area contributed by atoms with Gasteiger partial charge in [0.05, 0.1) is 6.61 Å². The molecule has 130 valence electrons. The molecule has 0 fully saturated rings. The smallest absolute Gasteiger partial charge is 0.325 e. The second-order valence-corrected chi connectivity index (χ2v) is 5.72. The third-order valence-corrected chi connectivity index (χ3v) is 3.55. The maximum atomic E-state index is 11.5. The van der Waals surface area contributed by atoms with Gasteiger partial charge in [-0.1, -0.05) is 58.3 Å². The third kappa shape index (κ3) is 15.3. The van der Waals surface area contributed by atoms with Crippen LogP contribution in [0.1, 0.15) is 77.6 Å². The highest BCUT2D eigenvalue weighted by Crippen LogP contribution is 2.10. The van der Waals surface area contributed by atoms with Gasteiger partial charge in [-0.3, -0.25) is 9.59 Å². The number of carbonyl (C=O) groups excluding carboxylic acids is 2. The molecule has 0 aromatic heterocycles. The molecule has 0 spiro atoms. The van der Waals surface area contributed by atoms with Crippen LogP contribution in [0.2, 0.25) is 0 Å². The van der Waals surface area contributed by atoms with Crippen LogP contribution in [0.15, 0.2) is 0 Å². The molecule has 3 N–H and O–H groups in total. The monoisotopic (exact) mass is 314 g/mol. The average Bonchev–Trinajstić information content (AvgIpc) is 2.51. The lowest BCUT2D eigenvalue weighted by atomic mass is 10.1. The van der Waals surface area contributed by atoms with Crippen molar-refractivity contribution in [3.63, 3.8) is 0 Å². The van der Waals surface area contributed by atoms with Gasteiger partial charge in [0, 0.05) is 6.42 Å². The number of ether oxygens (including phenoxy) is 1. The summed E-state index contributed by atoms with van der Waals surface area (Å²) in [5, 5.41) is 2.59. The Labute approximate surface area is 135 Å². The summed E-state index contributed by atoms with van der Waals surface area (Å²) in [4.78, 5) is 22.8. The quantitative estimate of drug-likeness (QED) is 0.360. The molecule has 0 atom stereocenters. The van der Waals surface area contributed by atoms with Crippen LogP contribution >= 0.6 is 0 Å². The molecule has 0 aromatic rings. The minimum absolute atomic E-state index is 0.0408. The van der Waals surface area contributed by atoms with Crippen molar-refractivity contribution in [1.82, 2.24) is 5.32 Å². The predicted octanol–water partition coefficient (Wildman–Crippen LogP) is 2.92. The van der Waals surface area contributed by atoms with E-state index in [0.29, 0.717) is 26.0 Å². The molecule has 0 heterocycles. The summed E-state index contributed by atoms with van der Waals surface area (Å²) >= 11 is 0. The lowest BCUT2D eigenvalue weighted by Gasteiger charge is -2.06. The Morgan fingerprint density at radius 2 is 1.50 bits per heavy atom. The van der Waals surface area contributed by atoms with Gasteiger partial charge in [0.25, 0.3) is 0 Å². The summed E-state index contributed by atoms with van der Waals surface area (Å²) in [5.74, 6) is -0.465. The van der Waals surface area contributed by atoms with Crippen LogP contribution in [0.25, 0.3) is 0 Å². The Morgan fingerprint density at radius 1 is 0.909 bits per heavy atom. The molecule has 0 saturated heterocycles. The van der Waals surface area contributed by atoms with Crippen LogP contribution in [0.3, 0.4) is 0 Å². The zero-order valence-corrected chi connectivity index (χ0v) is 14.2. The summed E-state index contributed by atoms with van der Waals surface area (Å²) in [5.41, 5.74) is 5.30. The number of rotatable bonds is 15. The van der Waals surface area contributed by atoms with Gasteiger partial charge in [-0.05, 0) is 19.4 Å². The molecule has 0 aliphatic carbocycles. The molecule has 0 aliphatic rings. The summed E-state index contributed by atoms with van der Waals surface area (Å²) in [7, 11) is 0. The summed E-state index contributed by atoms with van der Waals surface area (Å²) in [6.07, 6.45) is 12.2. The maximum Gasteiger partial charge on any atom is 0.325 e. The highest BCUT2D eigenvalue weighted by atomic mass is 16.5. The minimum atomic E-state index is -0.395. The largest absolute Gasteiger partial charge is 0.464 e. The Kier molecular flexibility index (Phi) is 15.5. The molecule has 5 nitrogen and oxygen atoms in total. The second kappa shape index (κ2) is 16.3. The van der Waals surface area contributed by atoms with Crippen LogP contribution in [-0.4, -0.2) is 31.6 Å². The third-order valence-electron chi connectivity index (χ3n) is 3.55. The van der Waals surface area contributed by atoms with Gasteiger partial charge >= 0.3 is 5.97 Å². The van der Waals surface area contributed by atoms with Crippen molar-refractivity contribution >= 4 is 11.9 Å². The van der Waals surface area contributed by atoms with E-state index in [1.807, 2.05) is 0 Å². The lowest BCUT2D eigenvalue weighted by molar-refractivity contribution is -0.144. The molecule has 0 bridgehead atoms. The maximum absolute atomic E-state index is 11.5. The molecule has 0 aromatic carbocycles. The molecule has 0 unspecified atom stereocenters. The molecule has 1 amide bonds. The van der Waals surface area contributed by atoms with E-state index in [2.05, 4.69) is 12.2 Å². The topological polar surface area (TPSA) is 81.4 Å². The number of amides is 1. The second-order valence-electron chi connectivity index (χ2n) is 5.72. The van der Waals surface area contributed by atoms with Gasteiger partial charge in [-0.25, -0.2) is 0 Å². The van der Waals surface area contributed by atoms with Crippen molar-refractivity contribution < 1.29 is 14.3 Å². The van der Waals surface area contributed by atoms with E-state index in [4.69, 9.17) is 10.5 Å². The summed E-state index contributed by atoms with van der Waals surface area (Å²) in [6.45, 7) is 3.01. The Bertz CT molecular complexity index is 283. The van der Waals surface area contributed by atoms with Gasteiger partial charge in [0.1, 0.15) is 6.54 Å². The fourth-order valence-corrected chi connectivity index (χ4v) is 2.18. The van der Waals surface area contributed by atoms with E-state index in [1.54, 1.807) is 0 Å². The molecule has 22 heavy (non-hydrogen) atoms. The average molecular weight is 314 g/mol. The van der Waals surface area contributed by atoms with Gasteiger partial charge in [0.15, 0.2) is 0 Å². The fraction of sp³-hybridized carbons (Fsp3) is 0.882.